The lowest BCUT2D eigenvalue weighted by Gasteiger charge is -2.30. The van der Waals surface area contributed by atoms with Gasteiger partial charge in [-0.25, -0.2) is 14.3 Å². The first-order valence-electron chi connectivity index (χ1n) is 8.16. The molecule has 0 aliphatic carbocycles. The molecule has 0 atom stereocenters. The van der Waals surface area contributed by atoms with Crippen LogP contribution in [0.15, 0.2) is 36.5 Å². The van der Waals surface area contributed by atoms with Crippen LogP contribution in [0.25, 0.3) is 4.96 Å². The number of carbonyl (C=O) groups excluding carboxylic acids is 1. The van der Waals surface area contributed by atoms with Crippen LogP contribution < -0.4 is 0 Å². The Morgan fingerprint density at radius 3 is 2.76 bits per heavy atom. The molecule has 4 rings (SSSR count). The highest BCUT2D eigenvalue weighted by Crippen LogP contribution is 2.28. The van der Waals surface area contributed by atoms with Gasteiger partial charge in [0.15, 0.2) is 5.82 Å². The summed E-state index contributed by atoms with van der Waals surface area (Å²) in [5.74, 6) is 1.10. The molecule has 8 heteroatoms. The molecule has 1 saturated heterocycles. The molecule has 6 nitrogen and oxygen atoms in total. The van der Waals surface area contributed by atoms with Crippen LogP contribution in [-0.4, -0.2) is 38.7 Å². The molecule has 1 aliphatic rings. The maximum Gasteiger partial charge on any atom is 0.410 e. The molecule has 0 saturated carbocycles. The molecule has 1 aromatic carbocycles. The second-order valence-corrected chi connectivity index (χ2v) is 7.67. The first-order chi connectivity index (χ1) is 12.2. The van der Waals surface area contributed by atoms with Crippen molar-refractivity contribution >= 4 is 34.0 Å². The predicted octanol–water partition coefficient (Wildman–Crippen LogP) is 3.96. The Balaban J connectivity index is 1.31. The molecule has 1 fully saturated rings. The van der Waals surface area contributed by atoms with Crippen molar-refractivity contribution in [2.24, 2.45) is 0 Å². The lowest BCUT2D eigenvalue weighted by molar-refractivity contribution is 0.0866. The largest absolute Gasteiger partial charge is 0.445 e. The number of hydrogen-bond donors (Lipinski definition) is 0. The summed E-state index contributed by atoms with van der Waals surface area (Å²) in [5.41, 5.74) is 0.992. The molecule has 2 aromatic heterocycles. The number of benzene rings is 1. The summed E-state index contributed by atoms with van der Waals surface area (Å²) < 4.78 is 7.80. The van der Waals surface area contributed by atoms with Crippen molar-refractivity contribution < 1.29 is 9.53 Å². The molecule has 0 bridgehead atoms. The molecule has 1 amide bonds. The van der Waals surface area contributed by atoms with Crippen molar-refractivity contribution in [1.82, 2.24) is 19.5 Å². The van der Waals surface area contributed by atoms with E-state index < -0.39 is 0 Å². The summed E-state index contributed by atoms with van der Waals surface area (Å²) in [5, 5.41) is 4.50. The number of aromatic nitrogens is 3. The molecular formula is C17H17ClN4O2S. The fourth-order valence-electron chi connectivity index (χ4n) is 2.99. The van der Waals surface area contributed by atoms with Gasteiger partial charge in [-0.3, -0.25) is 0 Å². The Labute approximate surface area is 154 Å². The number of halogens is 1. The van der Waals surface area contributed by atoms with Crippen molar-refractivity contribution in [3.05, 3.63) is 52.3 Å². The van der Waals surface area contributed by atoms with E-state index >= 15 is 0 Å². The van der Waals surface area contributed by atoms with Gasteiger partial charge in [-0.1, -0.05) is 53.3 Å². The van der Waals surface area contributed by atoms with Crippen molar-refractivity contribution in [3.8, 4) is 0 Å². The van der Waals surface area contributed by atoms with Gasteiger partial charge in [0, 0.05) is 19.0 Å². The zero-order valence-electron chi connectivity index (χ0n) is 13.5. The topological polar surface area (TPSA) is 59.7 Å². The fraction of sp³-hybridized carbons (Fsp3) is 0.353. The normalized spacial score (nSPS) is 15.6. The minimum absolute atomic E-state index is 0.257. The molecule has 0 radical (unpaired) electrons. The highest BCUT2D eigenvalue weighted by molar-refractivity contribution is 7.20. The van der Waals surface area contributed by atoms with E-state index in [1.807, 2.05) is 30.3 Å². The van der Waals surface area contributed by atoms with E-state index in [1.54, 1.807) is 15.6 Å². The number of piperidine rings is 1. The number of ether oxygens (including phenoxy) is 1. The van der Waals surface area contributed by atoms with Crippen LogP contribution in [0.3, 0.4) is 0 Å². The maximum atomic E-state index is 12.2. The second kappa shape index (κ2) is 7.01. The number of carbonyl (C=O) groups is 1. The molecule has 3 aromatic rings. The van der Waals surface area contributed by atoms with E-state index in [4.69, 9.17) is 16.3 Å². The molecule has 1 aliphatic heterocycles. The van der Waals surface area contributed by atoms with Gasteiger partial charge in [0.1, 0.15) is 10.9 Å². The smallest absolute Gasteiger partial charge is 0.410 e. The van der Waals surface area contributed by atoms with Crippen LogP contribution in [0.2, 0.25) is 4.34 Å². The van der Waals surface area contributed by atoms with Gasteiger partial charge in [0.05, 0.1) is 6.20 Å². The third kappa shape index (κ3) is 3.62. The van der Waals surface area contributed by atoms with Crippen molar-refractivity contribution in [2.75, 3.05) is 13.1 Å². The van der Waals surface area contributed by atoms with Gasteiger partial charge in [-0.15, -0.1) is 0 Å². The zero-order chi connectivity index (χ0) is 17.2. The molecule has 3 heterocycles. The lowest BCUT2D eigenvalue weighted by Crippen LogP contribution is -2.38. The number of likely N-dealkylation sites (tertiary alicyclic amines) is 1. The summed E-state index contributed by atoms with van der Waals surface area (Å²) >= 11 is 7.37. The Kier molecular flexibility index (Phi) is 4.59. The summed E-state index contributed by atoms with van der Waals surface area (Å²) in [6.45, 7) is 1.62. The number of nitrogens with zero attached hydrogens (tertiary/aromatic N) is 4. The van der Waals surface area contributed by atoms with E-state index in [1.165, 1.54) is 11.3 Å². The van der Waals surface area contributed by atoms with E-state index in [-0.39, 0.29) is 12.0 Å². The van der Waals surface area contributed by atoms with Gasteiger partial charge in [-0.05, 0) is 18.4 Å². The molecule has 0 N–H and O–H groups in total. The number of thiazole rings is 1. The molecule has 130 valence electrons. The molecule has 0 unspecified atom stereocenters. The van der Waals surface area contributed by atoms with E-state index in [0.29, 0.717) is 24.0 Å². The van der Waals surface area contributed by atoms with Crippen LogP contribution in [0.4, 0.5) is 4.79 Å². The average Bonchev–Trinajstić information content (AvgIpc) is 3.18. The molecular weight excluding hydrogens is 360 g/mol. The van der Waals surface area contributed by atoms with E-state index in [0.717, 1.165) is 29.2 Å². The van der Waals surface area contributed by atoms with E-state index in [2.05, 4.69) is 10.1 Å². The second-order valence-electron chi connectivity index (χ2n) is 6.03. The van der Waals surface area contributed by atoms with Crippen LogP contribution in [-0.2, 0) is 11.3 Å². The van der Waals surface area contributed by atoms with Gasteiger partial charge >= 0.3 is 6.09 Å². The fourth-order valence-corrected chi connectivity index (χ4v) is 3.94. The number of fused-ring (bicyclic) bond motifs is 1. The first kappa shape index (κ1) is 16.4. The summed E-state index contributed by atoms with van der Waals surface area (Å²) in [7, 11) is 0. The van der Waals surface area contributed by atoms with E-state index in [9.17, 15) is 4.79 Å². The maximum absolute atomic E-state index is 12.2. The number of hydrogen-bond acceptors (Lipinski definition) is 5. The molecule has 0 spiro atoms. The van der Waals surface area contributed by atoms with Crippen LogP contribution in [0.1, 0.15) is 30.1 Å². The van der Waals surface area contributed by atoms with Crippen molar-refractivity contribution in [2.45, 2.75) is 25.4 Å². The number of amides is 1. The van der Waals surface area contributed by atoms with Crippen molar-refractivity contribution in [3.63, 3.8) is 0 Å². The van der Waals surface area contributed by atoms with Gasteiger partial charge in [0.25, 0.3) is 0 Å². The Morgan fingerprint density at radius 2 is 2.04 bits per heavy atom. The summed E-state index contributed by atoms with van der Waals surface area (Å²) in [6, 6.07) is 9.71. The third-order valence-corrected chi connectivity index (χ3v) is 5.44. The minimum Gasteiger partial charge on any atom is -0.445 e. The summed E-state index contributed by atoms with van der Waals surface area (Å²) in [4.78, 5) is 19.3. The van der Waals surface area contributed by atoms with Crippen LogP contribution >= 0.6 is 22.9 Å². The predicted molar refractivity (Wildman–Crippen MR) is 96.0 cm³/mol. The van der Waals surface area contributed by atoms with Gasteiger partial charge in [-0.2, -0.15) is 5.10 Å². The third-order valence-electron chi connectivity index (χ3n) is 4.35. The molecule has 25 heavy (non-hydrogen) atoms. The van der Waals surface area contributed by atoms with Gasteiger partial charge in [0.2, 0.25) is 4.96 Å². The highest BCUT2D eigenvalue weighted by Gasteiger charge is 2.27. The number of rotatable bonds is 3. The standard InChI is InChI=1S/C17H17ClN4O2S/c18-14-10-22-16(25-14)19-15(20-22)13-6-8-21(9-7-13)17(23)24-11-12-4-2-1-3-5-12/h1-5,10,13H,6-9,11H2. The lowest BCUT2D eigenvalue weighted by atomic mass is 9.96. The quantitative estimate of drug-likeness (QED) is 0.694. The Hall–Kier alpha value is -2.12. The minimum atomic E-state index is -0.257. The monoisotopic (exact) mass is 376 g/mol. The Morgan fingerprint density at radius 1 is 1.28 bits per heavy atom. The van der Waals surface area contributed by atoms with Crippen LogP contribution in [0.5, 0.6) is 0 Å². The average molecular weight is 377 g/mol. The van der Waals surface area contributed by atoms with Crippen molar-refractivity contribution in [1.29, 1.82) is 0 Å². The zero-order valence-corrected chi connectivity index (χ0v) is 15.0. The SMILES string of the molecule is O=C(OCc1ccccc1)N1CCC(c2nc3sc(Cl)cn3n2)CC1. The first-order valence-corrected chi connectivity index (χ1v) is 9.36. The van der Waals surface area contributed by atoms with Crippen LogP contribution in [0, 0.1) is 0 Å². The Bertz CT molecular complexity index is 840. The van der Waals surface area contributed by atoms with Gasteiger partial charge < -0.3 is 9.64 Å². The summed E-state index contributed by atoms with van der Waals surface area (Å²) in [6.07, 6.45) is 3.19. The highest BCUT2D eigenvalue weighted by atomic mass is 35.5.